The van der Waals surface area contributed by atoms with Gasteiger partial charge in [0.25, 0.3) is 0 Å². The van der Waals surface area contributed by atoms with Gasteiger partial charge in [-0.15, -0.1) is 20.6 Å². The maximum absolute atomic E-state index is 11.7. The Hall–Kier alpha value is 0.0600. The predicted molar refractivity (Wildman–Crippen MR) is 154 cm³/mol. The number of ether oxygens (including phenoxy) is 3. The van der Waals surface area contributed by atoms with E-state index in [4.69, 9.17) is 21.5 Å². The van der Waals surface area contributed by atoms with Gasteiger partial charge in [0.1, 0.15) is 12.7 Å². The standard InChI is InChI=1S/C21H46O7S3.C3H8/c1-18(2)21(23)26-17-20(25-14-12-19(3)22)16-24-13-11-15-31(10,27-29(4,5)6)28-30(7,8)9;1-3-2/h19-20,22H,1,11-17H2,2-10H3;3H2,1-2H3. The number of esters is 1. The van der Waals surface area contributed by atoms with Crippen molar-refractivity contribution >= 4 is 37.2 Å². The summed E-state index contributed by atoms with van der Waals surface area (Å²) in [4.78, 5) is 11.7. The van der Waals surface area contributed by atoms with Crippen LogP contribution in [0.4, 0.5) is 0 Å². The van der Waals surface area contributed by atoms with Gasteiger partial charge in [0.05, 0.1) is 12.7 Å². The molecule has 0 rings (SSSR count). The van der Waals surface area contributed by atoms with E-state index in [1.165, 1.54) is 6.42 Å². The van der Waals surface area contributed by atoms with Crippen molar-refractivity contribution in [3.63, 3.8) is 0 Å². The van der Waals surface area contributed by atoms with Crippen molar-refractivity contribution in [1.82, 2.24) is 0 Å². The number of hydrogen-bond acceptors (Lipinski definition) is 7. The fraction of sp³-hybridized carbons (Fsp3) is 0.875. The summed E-state index contributed by atoms with van der Waals surface area (Å²) in [5.41, 5.74) is 0.341. The molecule has 34 heavy (non-hydrogen) atoms. The molecule has 0 spiro atoms. The minimum atomic E-state index is -1.65. The molecule has 7 nitrogen and oxygen atoms in total. The second kappa shape index (κ2) is 18.3. The molecule has 0 aliphatic heterocycles. The highest BCUT2D eigenvalue weighted by atomic mass is 32.4. The van der Waals surface area contributed by atoms with Crippen LogP contribution in [0, 0.1) is 0 Å². The highest BCUT2D eigenvalue weighted by molar-refractivity contribution is 8.44. The molecule has 0 radical (unpaired) electrons. The van der Waals surface area contributed by atoms with Gasteiger partial charge in [0.15, 0.2) is 0 Å². The molecule has 0 heterocycles. The SMILES string of the molecule is C=C(C)C(=O)OCC(COCCCS(C)(OS(C)(C)C)OS(C)(C)C)OCCC(C)O.CCC. The van der Waals surface area contributed by atoms with E-state index in [1.807, 2.05) is 0 Å². The van der Waals surface area contributed by atoms with Gasteiger partial charge in [-0.2, -0.15) is 10.6 Å². The first kappa shape index (κ1) is 36.2. The lowest BCUT2D eigenvalue weighted by Crippen LogP contribution is -2.29. The molecule has 210 valence electrons. The first-order valence-corrected chi connectivity index (χ1v) is 19.3. The molecular formula is C24H54O7S3. The molecule has 0 aromatic carbocycles. The minimum absolute atomic E-state index is 0.0848. The summed E-state index contributed by atoms with van der Waals surface area (Å²) in [5, 5.41) is 9.41. The third-order valence-corrected chi connectivity index (χ3v) is 10.0. The third-order valence-electron chi connectivity index (χ3n) is 3.44. The van der Waals surface area contributed by atoms with Crippen LogP contribution >= 0.6 is 31.2 Å². The quantitative estimate of drug-likeness (QED) is 0.143. The summed E-state index contributed by atoms with van der Waals surface area (Å²) in [7, 11) is -3.98. The number of hydrogen-bond donors (Lipinski definition) is 1. The molecule has 1 N–H and O–H groups in total. The maximum Gasteiger partial charge on any atom is 0.333 e. The Bertz CT molecular complexity index is 542. The molecule has 0 saturated heterocycles. The zero-order valence-corrected chi connectivity index (χ0v) is 26.1. The number of aliphatic hydroxyl groups excluding tert-OH is 1. The molecule has 10 heteroatoms. The van der Waals surface area contributed by atoms with Gasteiger partial charge in [-0.25, -0.2) is 12.1 Å². The van der Waals surface area contributed by atoms with Gasteiger partial charge >= 0.3 is 5.97 Å². The zero-order chi connectivity index (χ0) is 27.0. The van der Waals surface area contributed by atoms with Crippen LogP contribution in [0.5, 0.6) is 0 Å². The van der Waals surface area contributed by atoms with Crippen molar-refractivity contribution in [2.75, 3.05) is 76.0 Å². The normalized spacial score (nSPS) is 15.5. The van der Waals surface area contributed by atoms with Crippen LogP contribution in [-0.4, -0.2) is 99.3 Å². The van der Waals surface area contributed by atoms with Crippen molar-refractivity contribution in [2.24, 2.45) is 0 Å². The monoisotopic (exact) mass is 550 g/mol. The average Bonchev–Trinajstić information content (AvgIpc) is 2.61. The van der Waals surface area contributed by atoms with E-state index in [1.54, 1.807) is 13.8 Å². The fourth-order valence-corrected chi connectivity index (χ4v) is 10.8. The largest absolute Gasteiger partial charge is 0.459 e. The summed E-state index contributed by atoms with van der Waals surface area (Å²) in [6, 6.07) is 0. The van der Waals surface area contributed by atoms with Crippen LogP contribution in [0.15, 0.2) is 12.2 Å². The zero-order valence-electron chi connectivity index (χ0n) is 23.6. The van der Waals surface area contributed by atoms with Crippen LogP contribution in [0.2, 0.25) is 0 Å². The van der Waals surface area contributed by atoms with E-state index in [2.05, 4.69) is 64.2 Å². The second-order valence-corrected chi connectivity index (χ2v) is 20.1. The highest BCUT2D eigenvalue weighted by Crippen LogP contribution is 2.65. The van der Waals surface area contributed by atoms with Crippen LogP contribution in [0.25, 0.3) is 0 Å². The maximum atomic E-state index is 11.7. The number of rotatable bonds is 17. The first-order valence-electron chi connectivity index (χ1n) is 11.7. The Morgan fingerprint density at radius 1 is 0.941 bits per heavy atom. The lowest BCUT2D eigenvalue weighted by atomic mass is 10.3. The first-order chi connectivity index (χ1) is 15.4. The van der Waals surface area contributed by atoms with Crippen LogP contribution in [0.1, 0.15) is 47.0 Å². The number of carbonyl (C=O) groups is 1. The fourth-order valence-electron chi connectivity index (χ4n) is 2.42. The topological polar surface area (TPSA) is 83.5 Å². The molecule has 0 bridgehead atoms. The van der Waals surface area contributed by atoms with Crippen molar-refractivity contribution in [1.29, 1.82) is 0 Å². The molecular weight excluding hydrogens is 496 g/mol. The van der Waals surface area contributed by atoms with Crippen molar-refractivity contribution < 1.29 is 31.4 Å². The lowest BCUT2D eigenvalue weighted by Gasteiger charge is -2.49. The van der Waals surface area contributed by atoms with E-state index >= 15 is 0 Å². The van der Waals surface area contributed by atoms with Crippen LogP contribution in [-0.2, 0) is 26.3 Å². The molecule has 2 atom stereocenters. The molecule has 0 amide bonds. The molecule has 2 unspecified atom stereocenters. The van der Waals surface area contributed by atoms with Crippen LogP contribution < -0.4 is 0 Å². The smallest absolute Gasteiger partial charge is 0.333 e. The van der Waals surface area contributed by atoms with E-state index in [0.29, 0.717) is 31.8 Å². The highest BCUT2D eigenvalue weighted by Gasteiger charge is 2.25. The van der Waals surface area contributed by atoms with Gasteiger partial charge in [-0.1, -0.05) is 26.8 Å². The molecule has 0 fully saturated rings. The van der Waals surface area contributed by atoms with Crippen molar-refractivity contribution in [3.8, 4) is 0 Å². The van der Waals surface area contributed by atoms with E-state index in [-0.39, 0.29) is 6.61 Å². The number of carbonyl (C=O) groups excluding carboxylic acids is 1. The van der Waals surface area contributed by atoms with Crippen molar-refractivity contribution in [3.05, 3.63) is 12.2 Å². The molecule has 0 aliphatic rings. The van der Waals surface area contributed by atoms with Gasteiger partial charge < -0.3 is 19.3 Å². The van der Waals surface area contributed by atoms with E-state index in [0.717, 1.165) is 12.2 Å². The molecule has 0 aliphatic carbocycles. The second-order valence-electron chi connectivity index (χ2n) is 9.86. The van der Waals surface area contributed by atoms with Crippen LogP contribution in [0.3, 0.4) is 0 Å². The third kappa shape index (κ3) is 23.8. The summed E-state index contributed by atoms with van der Waals surface area (Å²) in [6.07, 6.45) is 16.5. The molecule has 0 saturated carbocycles. The summed E-state index contributed by atoms with van der Waals surface area (Å²) in [6.45, 7) is 12.4. The average molecular weight is 551 g/mol. The Morgan fingerprint density at radius 2 is 1.44 bits per heavy atom. The lowest BCUT2D eigenvalue weighted by molar-refractivity contribution is -0.145. The van der Waals surface area contributed by atoms with Gasteiger partial charge in [-0.3, -0.25) is 0 Å². The number of aliphatic hydroxyl groups is 1. The van der Waals surface area contributed by atoms with Gasteiger partial charge in [-0.05, 0) is 64.2 Å². The summed E-state index contributed by atoms with van der Waals surface area (Å²) in [5.74, 6) is 0.340. The van der Waals surface area contributed by atoms with Gasteiger partial charge in [0.2, 0.25) is 0 Å². The minimum Gasteiger partial charge on any atom is -0.459 e. The summed E-state index contributed by atoms with van der Waals surface area (Å²) < 4.78 is 29.5. The Balaban J connectivity index is 0. The van der Waals surface area contributed by atoms with Crippen molar-refractivity contribution in [2.45, 2.75) is 59.2 Å². The van der Waals surface area contributed by atoms with E-state index < -0.39 is 49.4 Å². The van der Waals surface area contributed by atoms with E-state index in [9.17, 15) is 9.90 Å². The Morgan fingerprint density at radius 3 is 1.85 bits per heavy atom. The predicted octanol–water partition coefficient (Wildman–Crippen LogP) is 5.60. The Labute approximate surface area is 215 Å². The Kier molecular flexibility index (Phi) is 19.5. The molecule has 0 aromatic rings. The van der Waals surface area contributed by atoms with Gasteiger partial charge in [0, 0.05) is 30.8 Å². The summed E-state index contributed by atoms with van der Waals surface area (Å²) >= 11 is 0. The molecule has 0 aromatic heterocycles.